The van der Waals surface area contributed by atoms with Crippen molar-refractivity contribution in [2.45, 2.75) is 118 Å². The minimum Gasteiger partial charge on any atom is -0.356 e. The average Bonchev–Trinajstić information content (AvgIpc) is 3.16. The van der Waals surface area contributed by atoms with E-state index in [4.69, 9.17) is 0 Å². The Balaban J connectivity index is 1.25. The van der Waals surface area contributed by atoms with Crippen LogP contribution in [-0.2, 0) is 4.79 Å². The topological polar surface area (TPSA) is 32.3 Å². The minimum absolute atomic E-state index is 0.282. The first-order valence-corrected chi connectivity index (χ1v) is 15.6. The molecular formula is C32H58N2O. The number of carbonyl (C=O) groups is 1. The molecule has 4 aliphatic rings. The molecule has 4 aliphatic carbocycles. The number of rotatable bonds is 10. The molecule has 4 rings (SSSR count). The van der Waals surface area contributed by atoms with Crippen molar-refractivity contribution in [2.24, 2.45) is 52.3 Å². The molecule has 0 heterocycles. The second kappa shape index (κ2) is 11.4. The minimum atomic E-state index is 0.282. The Labute approximate surface area is 218 Å². The van der Waals surface area contributed by atoms with E-state index in [1.165, 1.54) is 70.6 Å². The van der Waals surface area contributed by atoms with Gasteiger partial charge in [-0.2, -0.15) is 0 Å². The Morgan fingerprint density at radius 2 is 1.69 bits per heavy atom. The standard InChI is InChI=1S/C32H58N2O/c1-23(22-34(5)6)10-9-21-33-30(35)17-12-24(2)27-15-16-28-26-14-13-25-11-7-8-19-31(25,3)29(26)18-20-32(27,28)4/h23-29H,7-22H2,1-6H3,(H,33,35)/t23?,24-,25?,26?,27-,28?,29?,31+,32-/m1/s1. The van der Waals surface area contributed by atoms with Crippen LogP contribution < -0.4 is 5.32 Å². The van der Waals surface area contributed by atoms with Crippen molar-refractivity contribution < 1.29 is 4.79 Å². The van der Waals surface area contributed by atoms with Gasteiger partial charge in [-0.3, -0.25) is 4.79 Å². The number of hydrogen-bond donors (Lipinski definition) is 1. The lowest BCUT2D eigenvalue weighted by Gasteiger charge is -2.61. The van der Waals surface area contributed by atoms with E-state index < -0.39 is 0 Å². The van der Waals surface area contributed by atoms with Gasteiger partial charge < -0.3 is 10.2 Å². The highest BCUT2D eigenvalue weighted by atomic mass is 16.1. The lowest BCUT2D eigenvalue weighted by molar-refractivity contribution is -0.122. The quantitative estimate of drug-likeness (QED) is 0.323. The zero-order valence-electron chi connectivity index (χ0n) is 24.2. The zero-order valence-corrected chi connectivity index (χ0v) is 24.2. The molecule has 0 radical (unpaired) electrons. The maximum Gasteiger partial charge on any atom is 0.220 e. The van der Waals surface area contributed by atoms with Gasteiger partial charge in [-0.15, -0.1) is 0 Å². The number of nitrogens with zero attached hydrogens (tertiary/aromatic N) is 1. The van der Waals surface area contributed by atoms with Crippen molar-refractivity contribution in [3.63, 3.8) is 0 Å². The Morgan fingerprint density at radius 3 is 2.46 bits per heavy atom. The molecule has 35 heavy (non-hydrogen) atoms. The molecule has 4 fully saturated rings. The van der Waals surface area contributed by atoms with Gasteiger partial charge in [0.25, 0.3) is 0 Å². The highest BCUT2D eigenvalue weighted by molar-refractivity contribution is 5.75. The molecule has 3 nitrogen and oxygen atoms in total. The Bertz CT molecular complexity index is 706. The third-order valence-corrected chi connectivity index (χ3v) is 12.0. The fourth-order valence-corrected chi connectivity index (χ4v) is 10.3. The molecule has 0 aliphatic heterocycles. The van der Waals surface area contributed by atoms with Crippen LogP contribution in [0.5, 0.6) is 0 Å². The molecule has 5 unspecified atom stereocenters. The van der Waals surface area contributed by atoms with Crippen LogP contribution in [-0.4, -0.2) is 38.0 Å². The smallest absolute Gasteiger partial charge is 0.220 e. The van der Waals surface area contributed by atoms with Crippen molar-refractivity contribution >= 4 is 5.91 Å². The molecule has 0 aromatic heterocycles. The van der Waals surface area contributed by atoms with E-state index in [1.807, 2.05) is 0 Å². The van der Waals surface area contributed by atoms with Crippen molar-refractivity contribution in [2.75, 3.05) is 27.2 Å². The van der Waals surface area contributed by atoms with Crippen molar-refractivity contribution in [3.05, 3.63) is 0 Å². The highest BCUT2D eigenvalue weighted by Crippen LogP contribution is 2.68. The van der Waals surface area contributed by atoms with Crippen LogP contribution in [0.25, 0.3) is 0 Å². The third-order valence-electron chi connectivity index (χ3n) is 12.0. The molecule has 1 N–H and O–H groups in total. The van der Waals surface area contributed by atoms with E-state index in [1.54, 1.807) is 0 Å². The summed E-state index contributed by atoms with van der Waals surface area (Å²) >= 11 is 0. The summed E-state index contributed by atoms with van der Waals surface area (Å²) in [7, 11) is 4.28. The summed E-state index contributed by atoms with van der Waals surface area (Å²) in [5, 5.41) is 3.22. The van der Waals surface area contributed by atoms with Gasteiger partial charge in [0.05, 0.1) is 0 Å². The largest absolute Gasteiger partial charge is 0.356 e. The lowest BCUT2D eigenvalue weighted by atomic mass is 9.44. The van der Waals surface area contributed by atoms with Gasteiger partial charge in [0.1, 0.15) is 0 Å². The molecule has 3 heteroatoms. The van der Waals surface area contributed by atoms with E-state index in [0.29, 0.717) is 22.7 Å². The summed E-state index contributed by atoms with van der Waals surface area (Å²) in [4.78, 5) is 14.8. The molecule has 1 amide bonds. The lowest BCUT2D eigenvalue weighted by Crippen LogP contribution is -2.53. The van der Waals surface area contributed by atoms with E-state index in [-0.39, 0.29) is 5.91 Å². The first-order chi connectivity index (χ1) is 16.6. The van der Waals surface area contributed by atoms with E-state index in [9.17, 15) is 4.79 Å². The predicted octanol–water partition coefficient (Wildman–Crippen LogP) is 7.55. The fraction of sp³-hybridized carbons (Fsp3) is 0.969. The number of fused-ring (bicyclic) bond motifs is 5. The van der Waals surface area contributed by atoms with Gasteiger partial charge in [0.15, 0.2) is 0 Å². The summed E-state index contributed by atoms with van der Waals surface area (Å²) in [6, 6.07) is 0. The van der Waals surface area contributed by atoms with E-state index in [0.717, 1.165) is 61.9 Å². The summed E-state index contributed by atoms with van der Waals surface area (Å²) in [5.74, 6) is 6.44. The van der Waals surface area contributed by atoms with Gasteiger partial charge in [0.2, 0.25) is 5.91 Å². The molecule has 0 aromatic carbocycles. The Kier molecular flexibility index (Phi) is 8.98. The van der Waals surface area contributed by atoms with E-state index in [2.05, 4.69) is 52.0 Å². The van der Waals surface area contributed by atoms with Crippen LogP contribution in [0.2, 0.25) is 0 Å². The number of amides is 1. The maximum absolute atomic E-state index is 12.6. The van der Waals surface area contributed by atoms with E-state index >= 15 is 0 Å². The average molecular weight is 487 g/mol. The second-order valence-corrected chi connectivity index (χ2v) is 14.5. The zero-order chi connectivity index (χ0) is 25.2. The van der Waals surface area contributed by atoms with Crippen LogP contribution in [0.4, 0.5) is 0 Å². The fourth-order valence-electron chi connectivity index (χ4n) is 10.3. The SMILES string of the molecule is CC(CCCNC(=O)CC[C@@H](C)[C@H]1CCC2C3CCC4CCCC[C@]4(C)C3CC[C@@]21C)CN(C)C. The molecule has 0 spiro atoms. The highest BCUT2D eigenvalue weighted by Gasteiger charge is 2.60. The van der Waals surface area contributed by atoms with Crippen LogP contribution in [0, 0.1) is 52.3 Å². The predicted molar refractivity (Wildman–Crippen MR) is 148 cm³/mol. The molecular weight excluding hydrogens is 428 g/mol. The number of carbonyl (C=O) groups excluding carboxylic acids is 1. The maximum atomic E-state index is 12.6. The molecule has 0 bridgehead atoms. The molecule has 0 aromatic rings. The first kappa shape index (κ1) is 27.5. The van der Waals surface area contributed by atoms with Crippen LogP contribution >= 0.6 is 0 Å². The summed E-state index contributed by atoms with van der Waals surface area (Å²) in [5.41, 5.74) is 1.17. The van der Waals surface area contributed by atoms with Crippen molar-refractivity contribution in [3.8, 4) is 0 Å². The first-order valence-electron chi connectivity index (χ1n) is 15.6. The summed E-state index contributed by atoms with van der Waals surface area (Å²) in [6.45, 7) is 12.1. The second-order valence-electron chi connectivity index (χ2n) is 14.5. The molecule has 4 saturated carbocycles. The van der Waals surface area contributed by atoms with Crippen molar-refractivity contribution in [1.82, 2.24) is 10.2 Å². The summed E-state index contributed by atoms with van der Waals surface area (Å²) < 4.78 is 0. The summed E-state index contributed by atoms with van der Waals surface area (Å²) in [6.07, 6.45) is 18.9. The number of nitrogens with one attached hydrogen (secondary N) is 1. The third kappa shape index (κ3) is 5.80. The van der Waals surface area contributed by atoms with Gasteiger partial charge in [0, 0.05) is 19.5 Å². The molecule has 9 atom stereocenters. The Morgan fingerprint density at radius 1 is 0.914 bits per heavy atom. The van der Waals surface area contributed by atoms with Crippen molar-refractivity contribution in [1.29, 1.82) is 0 Å². The van der Waals surface area contributed by atoms with Crippen LogP contribution in [0.3, 0.4) is 0 Å². The van der Waals surface area contributed by atoms with Gasteiger partial charge >= 0.3 is 0 Å². The van der Waals surface area contributed by atoms with Gasteiger partial charge in [-0.1, -0.05) is 40.5 Å². The van der Waals surface area contributed by atoms with Crippen LogP contribution in [0.1, 0.15) is 118 Å². The normalized spacial score (nSPS) is 40.5. The number of hydrogen-bond acceptors (Lipinski definition) is 2. The molecule has 0 saturated heterocycles. The van der Waals surface area contributed by atoms with Crippen LogP contribution in [0.15, 0.2) is 0 Å². The molecule has 202 valence electrons. The monoisotopic (exact) mass is 486 g/mol. The Hall–Kier alpha value is -0.570. The van der Waals surface area contributed by atoms with Gasteiger partial charge in [-0.05, 0) is 137 Å². The van der Waals surface area contributed by atoms with Gasteiger partial charge in [-0.25, -0.2) is 0 Å².